The maximum absolute atomic E-state index is 6.32. The standard InChI is InChI=1S/C15H23ClN2/c1-10(2)15-5-4-8-18(15)12-6-7-13(11(3)17)14(16)9-12/h6-7,9-11,15H,4-5,8,17H2,1-3H3. The zero-order valence-electron chi connectivity index (χ0n) is 11.5. The van der Waals surface area contributed by atoms with Gasteiger partial charge in [0.2, 0.25) is 0 Å². The van der Waals surface area contributed by atoms with Gasteiger partial charge in [-0.15, -0.1) is 0 Å². The van der Waals surface area contributed by atoms with Gasteiger partial charge in [0, 0.05) is 29.3 Å². The van der Waals surface area contributed by atoms with E-state index in [1.807, 2.05) is 6.92 Å². The summed E-state index contributed by atoms with van der Waals surface area (Å²) in [7, 11) is 0. The molecule has 1 aliphatic rings. The Morgan fingerprint density at radius 3 is 2.61 bits per heavy atom. The predicted octanol–water partition coefficient (Wildman–Crippen LogP) is 3.98. The fourth-order valence-electron chi connectivity index (χ4n) is 2.87. The summed E-state index contributed by atoms with van der Waals surface area (Å²) in [5.74, 6) is 0.680. The zero-order chi connectivity index (χ0) is 13.3. The van der Waals surface area contributed by atoms with Gasteiger partial charge in [-0.2, -0.15) is 0 Å². The molecule has 18 heavy (non-hydrogen) atoms. The highest BCUT2D eigenvalue weighted by Crippen LogP contribution is 2.33. The number of hydrogen-bond acceptors (Lipinski definition) is 2. The number of benzene rings is 1. The van der Waals surface area contributed by atoms with Crippen molar-refractivity contribution in [2.45, 2.75) is 45.7 Å². The Morgan fingerprint density at radius 2 is 2.06 bits per heavy atom. The topological polar surface area (TPSA) is 29.3 Å². The molecule has 2 nitrogen and oxygen atoms in total. The summed E-state index contributed by atoms with van der Waals surface area (Å²) in [6.07, 6.45) is 2.56. The van der Waals surface area contributed by atoms with E-state index in [0.29, 0.717) is 12.0 Å². The van der Waals surface area contributed by atoms with E-state index in [9.17, 15) is 0 Å². The minimum atomic E-state index is -0.00831. The van der Waals surface area contributed by atoms with Gasteiger partial charge < -0.3 is 10.6 Å². The van der Waals surface area contributed by atoms with E-state index >= 15 is 0 Å². The highest BCUT2D eigenvalue weighted by atomic mass is 35.5. The second-order valence-electron chi connectivity index (χ2n) is 5.64. The number of anilines is 1. The second kappa shape index (κ2) is 5.50. The molecule has 1 aromatic carbocycles. The first-order valence-corrected chi connectivity index (χ1v) is 7.20. The zero-order valence-corrected chi connectivity index (χ0v) is 12.2. The van der Waals surface area contributed by atoms with Crippen molar-refractivity contribution >= 4 is 17.3 Å². The molecule has 0 aromatic heterocycles. The van der Waals surface area contributed by atoms with Crippen LogP contribution in [0.3, 0.4) is 0 Å². The monoisotopic (exact) mass is 266 g/mol. The molecule has 0 amide bonds. The van der Waals surface area contributed by atoms with E-state index in [1.165, 1.54) is 18.5 Å². The van der Waals surface area contributed by atoms with Crippen molar-refractivity contribution in [3.63, 3.8) is 0 Å². The fourth-order valence-corrected chi connectivity index (χ4v) is 3.22. The Bertz CT molecular complexity index is 415. The van der Waals surface area contributed by atoms with Crippen LogP contribution in [0.5, 0.6) is 0 Å². The van der Waals surface area contributed by atoms with Crippen LogP contribution in [-0.2, 0) is 0 Å². The predicted molar refractivity (Wildman–Crippen MR) is 79.3 cm³/mol. The maximum Gasteiger partial charge on any atom is 0.0474 e. The second-order valence-corrected chi connectivity index (χ2v) is 6.05. The number of rotatable bonds is 3. The fraction of sp³-hybridized carbons (Fsp3) is 0.600. The van der Waals surface area contributed by atoms with Crippen LogP contribution >= 0.6 is 11.6 Å². The lowest BCUT2D eigenvalue weighted by Gasteiger charge is -2.30. The third-order valence-electron chi connectivity index (χ3n) is 3.88. The molecule has 2 unspecified atom stereocenters. The Labute approximate surface area is 115 Å². The molecule has 3 heteroatoms. The lowest BCUT2D eigenvalue weighted by molar-refractivity contribution is 0.492. The minimum absolute atomic E-state index is 0.00831. The van der Waals surface area contributed by atoms with Crippen molar-refractivity contribution in [3.8, 4) is 0 Å². The molecule has 1 fully saturated rings. The molecule has 1 saturated heterocycles. The SMILES string of the molecule is CC(N)c1ccc(N2CCCC2C(C)C)cc1Cl. The van der Waals surface area contributed by atoms with E-state index < -0.39 is 0 Å². The van der Waals surface area contributed by atoms with Gasteiger partial charge in [0.25, 0.3) is 0 Å². The highest BCUT2D eigenvalue weighted by molar-refractivity contribution is 6.31. The Kier molecular flexibility index (Phi) is 4.18. The lowest BCUT2D eigenvalue weighted by Crippen LogP contribution is -2.33. The molecule has 2 N–H and O–H groups in total. The average molecular weight is 267 g/mol. The normalized spacial score (nSPS) is 21.7. The number of nitrogens with two attached hydrogens (primary N) is 1. The molecule has 1 aliphatic heterocycles. The summed E-state index contributed by atoms with van der Waals surface area (Å²) < 4.78 is 0. The first kappa shape index (κ1) is 13.7. The summed E-state index contributed by atoms with van der Waals surface area (Å²) >= 11 is 6.32. The van der Waals surface area contributed by atoms with Crippen LogP contribution < -0.4 is 10.6 Å². The third kappa shape index (κ3) is 2.65. The third-order valence-corrected chi connectivity index (χ3v) is 4.20. The van der Waals surface area contributed by atoms with E-state index in [0.717, 1.165) is 17.1 Å². The van der Waals surface area contributed by atoms with Gasteiger partial charge >= 0.3 is 0 Å². The molecule has 0 saturated carbocycles. The van der Waals surface area contributed by atoms with Gasteiger partial charge in [0.15, 0.2) is 0 Å². The van der Waals surface area contributed by atoms with E-state index in [-0.39, 0.29) is 6.04 Å². The Balaban J connectivity index is 2.26. The molecule has 2 atom stereocenters. The number of hydrogen-bond donors (Lipinski definition) is 1. The average Bonchev–Trinajstić information content (AvgIpc) is 2.77. The lowest BCUT2D eigenvalue weighted by atomic mass is 10.0. The van der Waals surface area contributed by atoms with Crippen LogP contribution in [0.15, 0.2) is 18.2 Å². The summed E-state index contributed by atoms with van der Waals surface area (Å²) in [4.78, 5) is 2.49. The van der Waals surface area contributed by atoms with Crippen molar-refractivity contribution in [2.24, 2.45) is 11.7 Å². The van der Waals surface area contributed by atoms with E-state index in [4.69, 9.17) is 17.3 Å². The van der Waals surface area contributed by atoms with E-state index in [1.54, 1.807) is 0 Å². The maximum atomic E-state index is 6.32. The van der Waals surface area contributed by atoms with Crippen LogP contribution in [-0.4, -0.2) is 12.6 Å². The molecule has 0 radical (unpaired) electrons. The first-order valence-electron chi connectivity index (χ1n) is 6.82. The molecule has 1 heterocycles. The summed E-state index contributed by atoms with van der Waals surface area (Å²) in [5.41, 5.74) is 8.16. The highest BCUT2D eigenvalue weighted by Gasteiger charge is 2.27. The van der Waals surface area contributed by atoms with Crippen LogP contribution in [0.4, 0.5) is 5.69 Å². The largest absolute Gasteiger partial charge is 0.368 e. The Morgan fingerprint density at radius 1 is 1.33 bits per heavy atom. The first-order chi connectivity index (χ1) is 8.50. The van der Waals surface area contributed by atoms with Gasteiger partial charge in [0.05, 0.1) is 0 Å². The quantitative estimate of drug-likeness (QED) is 0.897. The summed E-state index contributed by atoms with van der Waals surface area (Å²) in [6.45, 7) is 7.69. The van der Waals surface area contributed by atoms with Gasteiger partial charge in [0.1, 0.15) is 0 Å². The number of halogens is 1. The smallest absolute Gasteiger partial charge is 0.0474 e. The van der Waals surface area contributed by atoms with Gasteiger partial charge in [-0.1, -0.05) is 31.5 Å². The van der Waals surface area contributed by atoms with Crippen molar-refractivity contribution in [2.75, 3.05) is 11.4 Å². The molecule has 100 valence electrons. The van der Waals surface area contributed by atoms with Crippen molar-refractivity contribution in [1.82, 2.24) is 0 Å². The van der Waals surface area contributed by atoms with Crippen LogP contribution in [0.1, 0.15) is 45.2 Å². The van der Waals surface area contributed by atoms with Crippen LogP contribution in [0.25, 0.3) is 0 Å². The van der Waals surface area contributed by atoms with Crippen molar-refractivity contribution in [1.29, 1.82) is 0 Å². The molecule has 0 bridgehead atoms. The van der Waals surface area contributed by atoms with Gasteiger partial charge in [-0.25, -0.2) is 0 Å². The summed E-state index contributed by atoms with van der Waals surface area (Å²) in [5, 5.41) is 0.789. The molecule has 1 aromatic rings. The number of nitrogens with zero attached hydrogens (tertiary/aromatic N) is 1. The Hall–Kier alpha value is -0.730. The molecule has 0 spiro atoms. The minimum Gasteiger partial charge on any atom is -0.368 e. The molecule has 0 aliphatic carbocycles. The van der Waals surface area contributed by atoms with Gasteiger partial charge in [-0.05, 0) is 43.4 Å². The van der Waals surface area contributed by atoms with Gasteiger partial charge in [-0.3, -0.25) is 0 Å². The van der Waals surface area contributed by atoms with Crippen molar-refractivity contribution in [3.05, 3.63) is 28.8 Å². The molecule has 2 rings (SSSR count). The van der Waals surface area contributed by atoms with E-state index in [2.05, 4.69) is 36.9 Å². The van der Waals surface area contributed by atoms with Crippen molar-refractivity contribution < 1.29 is 0 Å². The summed E-state index contributed by atoms with van der Waals surface area (Å²) in [6, 6.07) is 6.93. The van der Waals surface area contributed by atoms with Crippen LogP contribution in [0.2, 0.25) is 5.02 Å². The molecular formula is C15H23ClN2. The van der Waals surface area contributed by atoms with Crippen LogP contribution in [0, 0.1) is 5.92 Å². The molecular weight excluding hydrogens is 244 g/mol.